The van der Waals surface area contributed by atoms with Gasteiger partial charge in [-0.15, -0.1) is 0 Å². The maximum absolute atomic E-state index is 10.9. The van der Waals surface area contributed by atoms with E-state index in [0.29, 0.717) is 0 Å². The summed E-state index contributed by atoms with van der Waals surface area (Å²) in [5.74, 6) is -0.818. The molecule has 0 spiro atoms. The van der Waals surface area contributed by atoms with Crippen LogP contribution < -0.4 is 5.32 Å². The number of hydrogen-bond acceptors (Lipinski definition) is 4. The van der Waals surface area contributed by atoms with E-state index >= 15 is 0 Å². The SMILES string of the molecule is CC(S)(S)C1=CC(=O)NC1=O. The molecule has 1 N–H and O–H groups in total. The van der Waals surface area contributed by atoms with Crippen LogP contribution in [0.25, 0.3) is 0 Å². The monoisotopic (exact) mass is 189 g/mol. The highest BCUT2D eigenvalue weighted by Crippen LogP contribution is 2.29. The van der Waals surface area contributed by atoms with E-state index in [9.17, 15) is 9.59 Å². The van der Waals surface area contributed by atoms with E-state index in [2.05, 4.69) is 30.6 Å². The normalized spacial score (nSPS) is 18.3. The molecule has 0 fully saturated rings. The topological polar surface area (TPSA) is 46.2 Å². The van der Waals surface area contributed by atoms with Gasteiger partial charge in [0.25, 0.3) is 11.8 Å². The van der Waals surface area contributed by atoms with Crippen molar-refractivity contribution in [2.75, 3.05) is 0 Å². The Morgan fingerprint density at radius 1 is 1.45 bits per heavy atom. The maximum atomic E-state index is 10.9. The Morgan fingerprint density at radius 2 is 2.00 bits per heavy atom. The predicted octanol–water partition coefficient (Wildman–Crippen LogP) is 0.145. The molecule has 0 radical (unpaired) electrons. The highest BCUT2D eigenvalue weighted by atomic mass is 32.2. The van der Waals surface area contributed by atoms with Crippen LogP contribution in [0.3, 0.4) is 0 Å². The molecular weight excluding hydrogens is 182 g/mol. The van der Waals surface area contributed by atoms with Gasteiger partial charge in [-0.25, -0.2) is 0 Å². The molecule has 1 aliphatic rings. The summed E-state index contributed by atoms with van der Waals surface area (Å²) < 4.78 is -0.851. The molecule has 1 rings (SSSR count). The van der Waals surface area contributed by atoms with Crippen LogP contribution in [0.1, 0.15) is 6.92 Å². The van der Waals surface area contributed by atoms with Gasteiger partial charge in [-0.2, -0.15) is 25.3 Å². The van der Waals surface area contributed by atoms with E-state index in [-0.39, 0.29) is 5.57 Å². The van der Waals surface area contributed by atoms with Gasteiger partial charge in [-0.1, -0.05) is 0 Å². The van der Waals surface area contributed by atoms with Crippen LogP contribution in [0.2, 0.25) is 0 Å². The number of carbonyl (C=O) groups is 2. The molecule has 0 aromatic rings. The molecule has 0 aliphatic carbocycles. The van der Waals surface area contributed by atoms with Crippen molar-refractivity contribution >= 4 is 37.1 Å². The fraction of sp³-hybridized carbons (Fsp3) is 0.333. The van der Waals surface area contributed by atoms with E-state index in [1.54, 1.807) is 6.92 Å². The van der Waals surface area contributed by atoms with Crippen LogP contribution in [-0.2, 0) is 9.59 Å². The third-order valence-corrected chi connectivity index (χ3v) is 1.75. The molecule has 0 aromatic carbocycles. The third kappa shape index (κ3) is 1.78. The first-order chi connectivity index (χ1) is 4.91. The van der Waals surface area contributed by atoms with E-state index in [1.165, 1.54) is 6.08 Å². The summed E-state index contributed by atoms with van der Waals surface area (Å²) in [6.45, 7) is 1.63. The van der Waals surface area contributed by atoms with Gasteiger partial charge in [0.1, 0.15) is 0 Å². The number of nitrogens with one attached hydrogen (secondary N) is 1. The lowest BCUT2D eigenvalue weighted by Crippen LogP contribution is -2.26. The zero-order valence-electron chi connectivity index (χ0n) is 5.79. The van der Waals surface area contributed by atoms with Crippen molar-refractivity contribution < 1.29 is 9.59 Å². The molecule has 0 unspecified atom stereocenters. The van der Waals surface area contributed by atoms with Crippen LogP contribution in [0.5, 0.6) is 0 Å². The Kier molecular flexibility index (Phi) is 2.02. The number of hydrogen-bond donors (Lipinski definition) is 3. The summed E-state index contributed by atoms with van der Waals surface area (Å²) in [5, 5.41) is 2.11. The quantitative estimate of drug-likeness (QED) is 0.312. The minimum atomic E-state index is -0.851. The molecule has 60 valence electrons. The number of carbonyl (C=O) groups excluding carboxylic acids is 2. The Labute approximate surface area is 75.1 Å². The van der Waals surface area contributed by atoms with Gasteiger partial charge in [-0.05, 0) is 6.92 Å². The zero-order chi connectivity index (χ0) is 8.65. The van der Waals surface area contributed by atoms with E-state index < -0.39 is 15.9 Å². The van der Waals surface area contributed by atoms with Crippen LogP contribution in [0, 0.1) is 0 Å². The van der Waals surface area contributed by atoms with Gasteiger partial charge in [0, 0.05) is 11.6 Å². The molecule has 0 atom stereocenters. The van der Waals surface area contributed by atoms with Crippen LogP contribution in [0.15, 0.2) is 11.6 Å². The number of rotatable bonds is 1. The molecule has 1 heterocycles. The van der Waals surface area contributed by atoms with E-state index in [0.717, 1.165) is 0 Å². The van der Waals surface area contributed by atoms with Crippen LogP contribution in [-0.4, -0.2) is 15.9 Å². The van der Waals surface area contributed by atoms with Crippen molar-refractivity contribution in [3.63, 3.8) is 0 Å². The van der Waals surface area contributed by atoms with Gasteiger partial charge < -0.3 is 0 Å². The van der Waals surface area contributed by atoms with Crippen molar-refractivity contribution in [3.05, 3.63) is 11.6 Å². The van der Waals surface area contributed by atoms with Crippen LogP contribution in [0.4, 0.5) is 0 Å². The molecule has 11 heavy (non-hydrogen) atoms. The lowest BCUT2D eigenvalue weighted by Gasteiger charge is -2.14. The Bertz CT molecular complexity index is 252. The summed E-state index contributed by atoms with van der Waals surface area (Å²) in [6.07, 6.45) is 1.21. The van der Waals surface area contributed by atoms with E-state index in [4.69, 9.17) is 0 Å². The van der Waals surface area contributed by atoms with E-state index in [1.807, 2.05) is 0 Å². The lowest BCUT2D eigenvalue weighted by atomic mass is 10.2. The number of thiol groups is 2. The highest BCUT2D eigenvalue weighted by Gasteiger charge is 2.31. The Balaban J connectivity index is 2.97. The molecule has 0 aromatic heterocycles. The first-order valence-electron chi connectivity index (χ1n) is 2.93. The Hall–Kier alpha value is -0.420. The average molecular weight is 189 g/mol. The van der Waals surface area contributed by atoms with Crippen LogP contribution >= 0.6 is 25.3 Å². The smallest absolute Gasteiger partial charge is 0.256 e. The zero-order valence-corrected chi connectivity index (χ0v) is 7.58. The first kappa shape index (κ1) is 8.67. The molecule has 1 aliphatic heterocycles. The van der Waals surface area contributed by atoms with Crippen molar-refractivity contribution in [2.24, 2.45) is 0 Å². The molecule has 3 nitrogen and oxygen atoms in total. The fourth-order valence-electron chi connectivity index (χ4n) is 0.764. The summed E-state index contributed by atoms with van der Waals surface area (Å²) >= 11 is 8.07. The second-order valence-electron chi connectivity index (χ2n) is 2.40. The number of amides is 2. The van der Waals surface area contributed by atoms with Gasteiger partial charge in [0.05, 0.1) is 4.08 Å². The molecule has 2 amide bonds. The van der Waals surface area contributed by atoms with Gasteiger partial charge in [-0.3, -0.25) is 14.9 Å². The third-order valence-electron chi connectivity index (χ3n) is 1.27. The highest BCUT2D eigenvalue weighted by molar-refractivity contribution is 8.01. The molecule has 0 saturated heterocycles. The van der Waals surface area contributed by atoms with Crippen molar-refractivity contribution in [1.29, 1.82) is 0 Å². The maximum Gasteiger partial charge on any atom is 0.256 e. The molecular formula is C6H7NO2S2. The van der Waals surface area contributed by atoms with Crippen molar-refractivity contribution in [2.45, 2.75) is 11.0 Å². The second-order valence-corrected chi connectivity index (χ2v) is 4.54. The molecule has 0 bridgehead atoms. The predicted molar refractivity (Wildman–Crippen MR) is 47.6 cm³/mol. The number of imide groups is 1. The average Bonchev–Trinajstić information content (AvgIpc) is 2.08. The van der Waals surface area contributed by atoms with Gasteiger partial charge in [0.15, 0.2) is 0 Å². The fourth-order valence-corrected chi connectivity index (χ4v) is 1.10. The van der Waals surface area contributed by atoms with Gasteiger partial charge >= 0.3 is 0 Å². The van der Waals surface area contributed by atoms with Gasteiger partial charge in [0.2, 0.25) is 0 Å². The lowest BCUT2D eigenvalue weighted by molar-refractivity contribution is -0.123. The molecule has 5 heteroatoms. The minimum Gasteiger partial charge on any atom is -0.289 e. The Morgan fingerprint density at radius 3 is 2.18 bits per heavy atom. The standard InChI is InChI=1S/C6H7NO2S2/c1-6(10,11)3-2-4(8)7-5(3)9/h2,10-11H,1H3,(H,7,8,9). The summed E-state index contributed by atoms with van der Waals surface area (Å²) in [6, 6.07) is 0. The van der Waals surface area contributed by atoms with Crippen molar-refractivity contribution in [1.82, 2.24) is 5.32 Å². The first-order valence-corrected chi connectivity index (χ1v) is 3.83. The molecule has 0 saturated carbocycles. The summed E-state index contributed by atoms with van der Waals surface area (Å²) in [5.41, 5.74) is 0.286. The second kappa shape index (κ2) is 2.57. The van der Waals surface area contributed by atoms with Crippen molar-refractivity contribution in [3.8, 4) is 0 Å². The minimum absolute atomic E-state index is 0.286. The summed E-state index contributed by atoms with van der Waals surface area (Å²) in [7, 11) is 0. The summed E-state index contributed by atoms with van der Waals surface area (Å²) in [4.78, 5) is 21.6. The largest absolute Gasteiger partial charge is 0.289 e.